The molecule has 1 aromatic carbocycles. The van der Waals surface area contributed by atoms with E-state index in [0.29, 0.717) is 10.8 Å². The molecule has 0 aromatic heterocycles. The quantitative estimate of drug-likeness (QED) is 0.742. The Morgan fingerprint density at radius 2 is 2.11 bits per heavy atom. The van der Waals surface area contributed by atoms with Gasteiger partial charge in [-0.05, 0) is 47.8 Å². The third-order valence-corrected chi connectivity index (χ3v) is 6.47. The summed E-state index contributed by atoms with van der Waals surface area (Å²) in [5.74, 6) is 1.73. The number of hydrogen-bond donors (Lipinski definition) is 1. The maximum Gasteiger partial charge on any atom is 0.0989 e. The molecule has 2 bridgehead atoms. The molecule has 5 rings (SSSR count). The van der Waals surface area contributed by atoms with Crippen molar-refractivity contribution < 1.29 is 0 Å². The zero-order valence-electron chi connectivity index (χ0n) is 10.9. The molecule has 18 heavy (non-hydrogen) atoms. The van der Waals surface area contributed by atoms with Crippen molar-refractivity contribution in [1.82, 2.24) is 0 Å². The Morgan fingerprint density at radius 3 is 2.83 bits per heavy atom. The van der Waals surface area contributed by atoms with Crippen molar-refractivity contribution in [2.75, 3.05) is 5.32 Å². The number of anilines is 1. The minimum Gasteiger partial charge on any atom is -0.369 e. The van der Waals surface area contributed by atoms with Crippen LogP contribution in [0.3, 0.4) is 0 Å². The molecule has 94 valence electrons. The fourth-order valence-corrected chi connectivity index (χ4v) is 5.08. The Balaban J connectivity index is 1.62. The van der Waals surface area contributed by atoms with E-state index in [-0.39, 0.29) is 0 Å². The summed E-state index contributed by atoms with van der Waals surface area (Å²) in [6.07, 6.45) is 5.21. The molecule has 1 fully saturated rings. The first kappa shape index (κ1) is 11.0. The Hall–Kier alpha value is -0.890. The lowest BCUT2D eigenvalue weighted by Crippen LogP contribution is -2.50. The molecule has 1 heterocycles. The molecule has 4 aliphatic rings. The van der Waals surface area contributed by atoms with Crippen LogP contribution in [-0.4, -0.2) is 5.37 Å². The summed E-state index contributed by atoms with van der Waals surface area (Å²) in [7, 11) is 0. The highest BCUT2D eigenvalue weighted by atomic mass is 32.2. The number of hydrogen-bond acceptors (Lipinski definition) is 2. The average molecular weight is 257 g/mol. The topological polar surface area (TPSA) is 12.0 Å². The largest absolute Gasteiger partial charge is 0.369 e. The van der Waals surface area contributed by atoms with Gasteiger partial charge in [-0.3, -0.25) is 0 Å². The van der Waals surface area contributed by atoms with Crippen LogP contribution in [0.1, 0.15) is 26.7 Å². The van der Waals surface area contributed by atoms with Gasteiger partial charge in [0.25, 0.3) is 0 Å². The zero-order chi connectivity index (χ0) is 12.3. The maximum absolute atomic E-state index is 3.69. The molecule has 2 heteroatoms. The number of thioether (sulfide) groups is 1. The molecular formula is C16H19NS. The molecule has 0 amide bonds. The van der Waals surface area contributed by atoms with Gasteiger partial charge in [-0.2, -0.15) is 0 Å². The number of para-hydroxylation sites is 1. The lowest BCUT2D eigenvalue weighted by Gasteiger charge is -2.57. The fraction of sp³-hybridized carbons (Fsp3) is 0.500. The number of benzene rings is 1. The standard InChI is InChI=1S/C16H19NS/c1-16(2)10-7-8-11(12(16)9-10)15-17-13-5-3-4-6-14(13)18-15/h3-6,8,10,12,15,17H,7,9H2,1-2H3/t10?,12?,15-/m1/s1. The van der Waals surface area contributed by atoms with Crippen LogP contribution in [0, 0.1) is 17.3 Å². The minimum absolute atomic E-state index is 0.480. The summed E-state index contributed by atoms with van der Waals surface area (Å²) in [6.45, 7) is 4.90. The van der Waals surface area contributed by atoms with E-state index in [1.165, 1.54) is 23.4 Å². The first-order chi connectivity index (χ1) is 8.66. The smallest absolute Gasteiger partial charge is 0.0989 e. The maximum atomic E-state index is 3.69. The zero-order valence-corrected chi connectivity index (χ0v) is 11.8. The van der Waals surface area contributed by atoms with Gasteiger partial charge in [0.2, 0.25) is 0 Å². The molecular weight excluding hydrogens is 238 g/mol. The van der Waals surface area contributed by atoms with Crippen LogP contribution < -0.4 is 5.32 Å². The Morgan fingerprint density at radius 1 is 1.28 bits per heavy atom. The van der Waals surface area contributed by atoms with E-state index in [1.807, 2.05) is 11.8 Å². The van der Waals surface area contributed by atoms with Crippen molar-refractivity contribution >= 4 is 17.4 Å². The second kappa shape index (κ2) is 3.57. The third kappa shape index (κ3) is 1.36. The molecule has 2 unspecified atom stereocenters. The van der Waals surface area contributed by atoms with Crippen LogP contribution in [-0.2, 0) is 0 Å². The lowest BCUT2D eigenvalue weighted by molar-refractivity contribution is -0.00704. The lowest BCUT2D eigenvalue weighted by atomic mass is 9.49. The van der Waals surface area contributed by atoms with E-state index in [0.717, 1.165) is 11.8 Å². The van der Waals surface area contributed by atoms with Crippen LogP contribution in [0.5, 0.6) is 0 Å². The molecule has 0 saturated heterocycles. The first-order valence-corrected chi connectivity index (χ1v) is 7.76. The van der Waals surface area contributed by atoms with Gasteiger partial charge in [0, 0.05) is 10.6 Å². The Bertz CT molecular complexity index is 507. The number of allylic oxidation sites excluding steroid dienone is 1. The summed E-state index contributed by atoms with van der Waals surface area (Å²) in [5, 5.41) is 4.17. The monoisotopic (exact) mass is 257 g/mol. The Labute approximate surface area is 113 Å². The van der Waals surface area contributed by atoms with Crippen molar-refractivity contribution in [2.24, 2.45) is 17.3 Å². The molecule has 1 saturated carbocycles. The van der Waals surface area contributed by atoms with Gasteiger partial charge in [-0.1, -0.05) is 43.8 Å². The highest BCUT2D eigenvalue weighted by molar-refractivity contribution is 8.00. The minimum atomic E-state index is 0.480. The fourth-order valence-electron chi connectivity index (χ4n) is 3.83. The van der Waals surface area contributed by atoms with Gasteiger partial charge in [-0.15, -0.1) is 0 Å². The highest BCUT2D eigenvalue weighted by Crippen LogP contribution is 2.61. The van der Waals surface area contributed by atoms with Crippen molar-refractivity contribution in [2.45, 2.75) is 37.0 Å². The summed E-state index contributed by atoms with van der Waals surface area (Å²) in [6, 6.07) is 8.67. The molecule has 1 nitrogen and oxygen atoms in total. The van der Waals surface area contributed by atoms with E-state index in [1.54, 1.807) is 5.57 Å². The van der Waals surface area contributed by atoms with Crippen LogP contribution in [0.2, 0.25) is 0 Å². The van der Waals surface area contributed by atoms with Crippen LogP contribution in [0.15, 0.2) is 40.8 Å². The Kier molecular flexibility index (Phi) is 2.18. The second-order valence-corrected chi connectivity index (χ2v) is 7.53. The number of nitrogens with one attached hydrogen (secondary N) is 1. The van der Waals surface area contributed by atoms with E-state index < -0.39 is 0 Å². The molecule has 1 N–H and O–H groups in total. The van der Waals surface area contributed by atoms with Gasteiger partial charge in [0.1, 0.15) is 0 Å². The van der Waals surface area contributed by atoms with Crippen molar-refractivity contribution in [3.8, 4) is 0 Å². The third-order valence-electron chi connectivity index (χ3n) is 5.23. The molecule has 1 aromatic rings. The molecule has 0 radical (unpaired) electrons. The van der Waals surface area contributed by atoms with Gasteiger partial charge in [-0.25, -0.2) is 0 Å². The van der Waals surface area contributed by atoms with Crippen molar-refractivity contribution in [3.05, 3.63) is 35.9 Å². The van der Waals surface area contributed by atoms with E-state index in [4.69, 9.17) is 0 Å². The van der Waals surface area contributed by atoms with E-state index in [2.05, 4.69) is 49.5 Å². The van der Waals surface area contributed by atoms with Crippen LogP contribution >= 0.6 is 11.8 Å². The normalized spacial score (nSPS) is 35.2. The summed E-state index contributed by atoms with van der Waals surface area (Å²) in [5.41, 5.74) is 3.50. The summed E-state index contributed by atoms with van der Waals surface area (Å²) >= 11 is 1.99. The SMILES string of the molecule is CC1(C)C2CC=C([C@@H]3Nc4ccccc4S3)C1C2. The first-order valence-electron chi connectivity index (χ1n) is 6.88. The number of fused-ring (bicyclic) bond motifs is 2. The molecule has 1 aliphatic heterocycles. The van der Waals surface area contributed by atoms with Crippen LogP contribution in [0.4, 0.5) is 5.69 Å². The van der Waals surface area contributed by atoms with E-state index in [9.17, 15) is 0 Å². The van der Waals surface area contributed by atoms with Gasteiger partial charge < -0.3 is 5.32 Å². The van der Waals surface area contributed by atoms with Crippen molar-refractivity contribution in [1.29, 1.82) is 0 Å². The predicted molar refractivity (Wildman–Crippen MR) is 77.8 cm³/mol. The summed E-state index contributed by atoms with van der Waals surface area (Å²) in [4.78, 5) is 1.41. The van der Waals surface area contributed by atoms with E-state index >= 15 is 0 Å². The number of rotatable bonds is 1. The molecule has 0 spiro atoms. The van der Waals surface area contributed by atoms with Crippen molar-refractivity contribution in [3.63, 3.8) is 0 Å². The highest BCUT2D eigenvalue weighted by Gasteiger charge is 2.52. The average Bonchev–Trinajstić information content (AvgIpc) is 2.82. The van der Waals surface area contributed by atoms with Gasteiger partial charge in [0.15, 0.2) is 0 Å². The van der Waals surface area contributed by atoms with Gasteiger partial charge in [0.05, 0.1) is 5.37 Å². The molecule has 3 aliphatic carbocycles. The van der Waals surface area contributed by atoms with Gasteiger partial charge >= 0.3 is 0 Å². The molecule has 3 atom stereocenters. The summed E-state index contributed by atoms with van der Waals surface area (Å²) < 4.78 is 0. The van der Waals surface area contributed by atoms with Crippen LogP contribution in [0.25, 0.3) is 0 Å². The second-order valence-electron chi connectivity index (χ2n) is 6.38. The predicted octanol–water partition coefficient (Wildman–Crippen LogP) is 4.52.